The summed E-state index contributed by atoms with van der Waals surface area (Å²) >= 11 is 0. The molecule has 2 atom stereocenters. The number of ether oxygens (including phenoxy) is 1. The van der Waals surface area contributed by atoms with E-state index in [0.717, 1.165) is 0 Å². The number of halogens is 4. The maximum Gasteiger partial charge on any atom is 0.435 e. The highest BCUT2D eigenvalue weighted by molar-refractivity contribution is 5.75. The van der Waals surface area contributed by atoms with E-state index in [4.69, 9.17) is 9.84 Å². The highest BCUT2D eigenvalue weighted by Gasteiger charge is 2.40. The first-order valence-electron chi connectivity index (χ1n) is 14.4. The van der Waals surface area contributed by atoms with Gasteiger partial charge in [0.05, 0.1) is 18.8 Å². The Kier molecular flexibility index (Phi) is 7.89. The van der Waals surface area contributed by atoms with Crippen LogP contribution < -0.4 is 15.0 Å². The SMILES string of the molecule is CCn1cc(-c2cc(Cn3ccnc3C)cc3c2OC[C@H](Cc2ccc(F)c(N4CC(NC(=O)O)C4)n2)[C@@H]3O)c(C(F)(F)F)n1. The van der Waals surface area contributed by atoms with Gasteiger partial charge in [-0.25, -0.2) is 19.2 Å². The predicted molar refractivity (Wildman–Crippen MR) is 153 cm³/mol. The van der Waals surface area contributed by atoms with Crippen LogP contribution in [0.25, 0.3) is 11.1 Å². The number of pyridine rings is 1. The van der Waals surface area contributed by atoms with Crippen LogP contribution in [-0.2, 0) is 25.7 Å². The average Bonchev–Trinajstić information content (AvgIpc) is 3.59. The number of aliphatic hydroxyl groups is 1. The van der Waals surface area contributed by atoms with Gasteiger partial charge < -0.3 is 29.7 Å². The van der Waals surface area contributed by atoms with E-state index in [1.807, 2.05) is 11.5 Å². The standard InChI is InChI=1S/C30H31F4N7O4/c1-3-41-14-23(27(38-41)30(32,33)34)21-8-17(11-39-7-6-35-16(39)2)9-22-25(42)18(15-45-26(21)22)10-19-4-5-24(31)28(36-19)40-12-20(13-40)37-29(43)44/h4-9,14,18,20,25,37,42H,3,10-13,15H2,1-2H3,(H,43,44)/t18-,25-/m0/s1. The van der Waals surface area contributed by atoms with Crippen LogP contribution in [0.5, 0.6) is 5.75 Å². The molecule has 1 aromatic carbocycles. The predicted octanol–water partition coefficient (Wildman–Crippen LogP) is 4.42. The Balaban J connectivity index is 1.33. The lowest BCUT2D eigenvalue weighted by molar-refractivity contribution is -0.141. The minimum atomic E-state index is -4.72. The maximum absolute atomic E-state index is 14.7. The van der Waals surface area contributed by atoms with Crippen molar-refractivity contribution >= 4 is 11.9 Å². The first kappa shape index (κ1) is 30.4. The summed E-state index contributed by atoms with van der Waals surface area (Å²) in [5.41, 5.74) is 0.431. The number of alkyl halides is 3. The first-order valence-corrected chi connectivity index (χ1v) is 14.4. The number of carboxylic acid groups (broad SMARTS) is 1. The fourth-order valence-corrected chi connectivity index (χ4v) is 5.84. The third-order valence-corrected chi connectivity index (χ3v) is 8.17. The van der Waals surface area contributed by atoms with E-state index in [-0.39, 0.29) is 61.4 Å². The van der Waals surface area contributed by atoms with Crippen LogP contribution in [0.3, 0.4) is 0 Å². The van der Waals surface area contributed by atoms with Crippen LogP contribution in [-0.4, -0.2) is 66.4 Å². The van der Waals surface area contributed by atoms with Gasteiger partial charge in [0.1, 0.15) is 11.6 Å². The molecule has 0 bridgehead atoms. The summed E-state index contributed by atoms with van der Waals surface area (Å²) in [5, 5.41) is 26.7. The van der Waals surface area contributed by atoms with Crippen LogP contribution in [0.15, 0.2) is 42.9 Å². The largest absolute Gasteiger partial charge is 0.492 e. The molecular weight excluding hydrogens is 598 g/mol. The van der Waals surface area contributed by atoms with Crippen molar-refractivity contribution in [3.05, 3.63) is 77.0 Å². The third kappa shape index (κ3) is 6.03. The molecule has 0 spiro atoms. The summed E-state index contributed by atoms with van der Waals surface area (Å²) in [7, 11) is 0. The van der Waals surface area contributed by atoms with Gasteiger partial charge in [-0.15, -0.1) is 0 Å². The zero-order valence-electron chi connectivity index (χ0n) is 24.4. The van der Waals surface area contributed by atoms with E-state index in [1.165, 1.54) is 23.0 Å². The van der Waals surface area contributed by atoms with Gasteiger partial charge in [-0.05, 0) is 50.1 Å². The molecule has 5 heterocycles. The molecule has 3 N–H and O–H groups in total. The van der Waals surface area contributed by atoms with E-state index in [9.17, 15) is 27.5 Å². The van der Waals surface area contributed by atoms with Crippen molar-refractivity contribution in [3.8, 4) is 16.9 Å². The molecule has 2 aliphatic heterocycles. The lowest BCUT2D eigenvalue weighted by Gasteiger charge is -2.40. The van der Waals surface area contributed by atoms with Crippen LogP contribution in [0.1, 0.15) is 41.4 Å². The molecule has 45 heavy (non-hydrogen) atoms. The fraction of sp³-hybridized carbons (Fsp3) is 0.400. The molecule has 1 fully saturated rings. The molecule has 4 aromatic rings. The van der Waals surface area contributed by atoms with Crippen LogP contribution >= 0.6 is 0 Å². The summed E-state index contributed by atoms with van der Waals surface area (Å²) < 4.78 is 66.2. The number of anilines is 1. The number of hydrogen-bond acceptors (Lipinski definition) is 7. The quantitative estimate of drug-likeness (QED) is 0.245. The number of imidazole rings is 1. The van der Waals surface area contributed by atoms with E-state index in [1.54, 1.807) is 36.4 Å². The number of rotatable bonds is 8. The molecule has 1 saturated heterocycles. The van der Waals surface area contributed by atoms with Gasteiger partial charge in [-0.3, -0.25) is 4.68 Å². The molecule has 2 aliphatic rings. The minimum absolute atomic E-state index is 0.0207. The van der Waals surface area contributed by atoms with Gasteiger partial charge in [0.15, 0.2) is 17.3 Å². The van der Waals surface area contributed by atoms with E-state index in [0.29, 0.717) is 29.2 Å². The second-order valence-electron chi connectivity index (χ2n) is 11.3. The highest BCUT2D eigenvalue weighted by Crippen LogP contribution is 2.47. The Bertz CT molecular complexity index is 1730. The number of benzene rings is 1. The van der Waals surface area contributed by atoms with Crippen LogP contribution in [0.4, 0.5) is 28.2 Å². The Morgan fingerprint density at radius 1 is 1.20 bits per heavy atom. The molecule has 6 rings (SSSR count). The number of fused-ring (bicyclic) bond motifs is 1. The number of amides is 1. The zero-order valence-corrected chi connectivity index (χ0v) is 24.4. The van der Waals surface area contributed by atoms with Gasteiger partial charge in [0.2, 0.25) is 0 Å². The summed E-state index contributed by atoms with van der Waals surface area (Å²) in [6.45, 7) is 4.53. The topological polar surface area (TPSA) is 131 Å². The van der Waals surface area contributed by atoms with Gasteiger partial charge in [-0.2, -0.15) is 18.3 Å². The highest BCUT2D eigenvalue weighted by atomic mass is 19.4. The van der Waals surface area contributed by atoms with Crippen molar-refractivity contribution in [1.29, 1.82) is 0 Å². The van der Waals surface area contributed by atoms with Crippen molar-refractivity contribution in [2.45, 2.75) is 51.7 Å². The zero-order chi connectivity index (χ0) is 32.0. The van der Waals surface area contributed by atoms with Crippen molar-refractivity contribution in [3.63, 3.8) is 0 Å². The molecule has 0 aliphatic carbocycles. The number of nitrogens with one attached hydrogen (secondary N) is 1. The monoisotopic (exact) mass is 629 g/mol. The van der Waals surface area contributed by atoms with Gasteiger partial charge in [0, 0.05) is 73.1 Å². The summed E-state index contributed by atoms with van der Waals surface area (Å²) in [6.07, 6.45) is -2.09. The van der Waals surface area contributed by atoms with Gasteiger partial charge >= 0.3 is 12.3 Å². The molecule has 11 nitrogen and oxygen atoms in total. The minimum Gasteiger partial charge on any atom is -0.492 e. The molecule has 15 heteroatoms. The maximum atomic E-state index is 14.7. The van der Waals surface area contributed by atoms with E-state index in [2.05, 4.69) is 20.4 Å². The molecule has 0 radical (unpaired) electrons. The second-order valence-corrected chi connectivity index (χ2v) is 11.3. The molecule has 0 unspecified atom stereocenters. The molecule has 3 aromatic heterocycles. The third-order valence-electron chi connectivity index (χ3n) is 8.17. The number of aliphatic hydroxyl groups excluding tert-OH is 1. The van der Waals surface area contributed by atoms with Gasteiger partial charge in [-0.1, -0.05) is 0 Å². The lowest BCUT2D eigenvalue weighted by Crippen LogP contribution is -2.59. The number of aryl methyl sites for hydroxylation is 2. The lowest BCUT2D eigenvalue weighted by atomic mass is 9.86. The second kappa shape index (κ2) is 11.7. The Hall–Kier alpha value is -4.66. The number of hydrogen-bond donors (Lipinski definition) is 3. The van der Waals surface area contributed by atoms with Crippen LogP contribution in [0, 0.1) is 18.7 Å². The Morgan fingerprint density at radius 3 is 2.64 bits per heavy atom. The molecule has 1 amide bonds. The van der Waals surface area contributed by atoms with Crippen molar-refractivity contribution < 1.29 is 37.3 Å². The molecule has 238 valence electrons. The van der Waals surface area contributed by atoms with Crippen LogP contribution in [0.2, 0.25) is 0 Å². The smallest absolute Gasteiger partial charge is 0.435 e. The normalized spacial score (nSPS) is 18.3. The number of aromatic nitrogens is 5. The molecule has 0 saturated carbocycles. The summed E-state index contributed by atoms with van der Waals surface area (Å²) in [6, 6.07) is 5.80. The van der Waals surface area contributed by atoms with E-state index < -0.39 is 35.8 Å². The Morgan fingerprint density at radius 2 is 1.98 bits per heavy atom. The number of nitrogens with zero attached hydrogens (tertiary/aromatic N) is 6. The van der Waals surface area contributed by atoms with Crippen molar-refractivity contribution in [1.82, 2.24) is 29.6 Å². The van der Waals surface area contributed by atoms with Crippen molar-refractivity contribution in [2.24, 2.45) is 5.92 Å². The fourth-order valence-electron chi connectivity index (χ4n) is 5.84. The summed E-state index contributed by atoms with van der Waals surface area (Å²) in [4.78, 5) is 21.2. The van der Waals surface area contributed by atoms with E-state index >= 15 is 0 Å². The first-order chi connectivity index (χ1) is 21.4. The van der Waals surface area contributed by atoms with Crippen molar-refractivity contribution in [2.75, 3.05) is 24.6 Å². The summed E-state index contributed by atoms with van der Waals surface area (Å²) in [5.74, 6) is -0.161. The average molecular weight is 630 g/mol. The van der Waals surface area contributed by atoms with Gasteiger partial charge in [0.25, 0.3) is 0 Å². The molecular formula is C30H31F4N7O4. The number of carbonyl (C=O) groups is 1. The Labute approximate surface area is 255 Å².